The molecule has 1 aliphatic heterocycles. The van der Waals surface area contributed by atoms with Gasteiger partial charge in [0.25, 0.3) is 0 Å². The first-order valence-electron chi connectivity index (χ1n) is 9.43. The number of fused-ring (bicyclic) bond motifs is 1. The maximum Gasteiger partial charge on any atom is 0.573 e. The molecule has 4 nitrogen and oxygen atoms in total. The van der Waals surface area contributed by atoms with Crippen molar-refractivity contribution < 1.29 is 23.0 Å². The number of phenols is 1. The summed E-state index contributed by atoms with van der Waals surface area (Å²) >= 11 is 0. The van der Waals surface area contributed by atoms with E-state index >= 15 is 0 Å². The SMILES string of the molecule is Cl.Cl.Oc1ccc([C@@H](c2ccc(OC(F)(F)F)cc2)N2CCNCC2)c2ccccc12. The van der Waals surface area contributed by atoms with Crippen LogP contribution in [-0.2, 0) is 0 Å². The molecular weight excluding hydrogens is 452 g/mol. The summed E-state index contributed by atoms with van der Waals surface area (Å²) in [6.45, 7) is 3.28. The first kappa shape index (κ1) is 25.1. The Kier molecular flexibility index (Phi) is 8.42. The van der Waals surface area contributed by atoms with Gasteiger partial charge in [-0.1, -0.05) is 42.5 Å². The molecule has 9 heteroatoms. The van der Waals surface area contributed by atoms with E-state index in [0.29, 0.717) is 0 Å². The third-order valence-electron chi connectivity index (χ3n) is 5.18. The van der Waals surface area contributed by atoms with Gasteiger partial charge in [-0.25, -0.2) is 0 Å². The van der Waals surface area contributed by atoms with Crippen LogP contribution in [0.25, 0.3) is 10.8 Å². The fourth-order valence-electron chi connectivity index (χ4n) is 3.92. The first-order chi connectivity index (χ1) is 13.9. The summed E-state index contributed by atoms with van der Waals surface area (Å²) in [6.07, 6.45) is -4.72. The molecule has 2 N–H and O–H groups in total. The zero-order valence-corrected chi connectivity index (χ0v) is 18.1. The molecule has 4 rings (SSSR count). The fraction of sp³-hybridized carbons (Fsp3) is 0.273. The van der Waals surface area contributed by atoms with E-state index in [1.807, 2.05) is 30.3 Å². The van der Waals surface area contributed by atoms with Gasteiger partial charge in [-0.2, -0.15) is 0 Å². The van der Waals surface area contributed by atoms with Crippen LogP contribution in [0.15, 0.2) is 60.7 Å². The van der Waals surface area contributed by atoms with Crippen molar-refractivity contribution in [3.63, 3.8) is 0 Å². The number of rotatable bonds is 4. The van der Waals surface area contributed by atoms with E-state index in [1.165, 1.54) is 12.1 Å². The lowest BCUT2D eigenvalue weighted by Gasteiger charge is -2.36. The molecule has 3 aromatic carbocycles. The number of halogens is 5. The van der Waals surface area contributed by atoms with Crippen molar-refractivity contribution in [2.75, 3.05) is 26.2 Å². The summed E-state index contributed by atoms with van der Waals surface area (Å²) in [5.41, 5.74) is 1.88. The maximum absolute atomic E-state index is 12.5. The molecule has 0 aromatic heterocycles. The van der Waals surface area contributed by atoms with Gasteiger partial charge in [-0.3, -0.25) is 4.90 Å². The summed E-state index contributed by atoms with van der Waals surface area (Å²) in [4.78, 5) is 2.30. The van der Waals surface area contributed by atoms with Crippen molar-refractivity contribution in [2.45, 2.75) is 12.4 Å². The van der Waals surface area contributed by atoms with Crippen LogP contribution in [0.5, 0.6) is 11.5 Å². The fourth-order valence-corrected chi connectivity index (χ4v) is 3.92. The predicted octanol–water partition coefficient (Wildman–Crippen LogP) is 5.28. The molecule has 0 bridgehead atoms. The third-order valence-corrected chi connectivity index (χ3v) is 5.18. The van der Waals surface area contributed by atoms with Gasteiger partial charge in [0.2, 0.25) is 0 Å². The molecule has 0 radical (unpaired) electrons. The van der Waals surface area contributed by atoms with Gasteiger partial charge in [0.15, 0.2) is 0 Å². The van der Waals surface area contributed by atoms with Crippen LogP contribution in [0, 0.1) is 0 Å². The second kappa shape index (κ2) is 10.4. The Labute approximate surface area is 190 Å². The highest BCUT2D eigenvalue weighted by Gasteiger charge is 2.31. The Morgan fingerprint density at radius 1 is 0.871 bits per heavy atom. The minimum Gasteiger partial charge on any atom is -0.507 e. The summed E-state index contributed by atoms with van der Waals surface area (Å²) < 4.78 is 41.5. The number of piperazine rings is 1. The van der Waals surface area contributed by atoms with Crippen molar-refractivity contribution >= 4 is 35.6 Å². The molecule has 1 heterocycles. The molecule has 31 heavy (non-hydrogen) atoms. The van der Waals surface area contributed by atoms with Crippen LogP contribution in [0.2, 0.25) is 0 Å². The highest BCUT2D eigenvalue weighted by atomic mass is 35.5. The minimum atomic E-state index is -4.72. The van der Waals surface area contributed by atoms with Crippen LogP contribution < -0.4 is 10.1 Å². The zero-order chi connectivity index (χ0) is 20.4. The Balaban J connectivity index is 0.00000171. The number of alkyl halides is 3. The Bertz CT molecular complexity index is 994. The topological polar surface area (TPSA) is 44.7 Å². The van der Waals surface area contributed by atoms with E-state index in [-0.39, 0.29) is 42.4 Å². The molecule has 1 atom stereocenters. The standard InChI is InChI=1S/C22H21F3N2O2.2ClH/c23-22(24,25)29-16-7-5-15(6-8-16)21(27-13-11-26-12-14-27)19-9-10-20(28)18-4-2-1-3-17(18)19;;/h1-10,21,26,28H,11-14H2;2*1H/t21-;;/m1../s1. The average Bonchev–Trinajstić information content (AvgIpc) is 2.71. The smallest absolute Gasteiger partial charge is 0.507 e. The summed E-state index contributed by atoms with van der Waals surface area (Å²) in [7, 11) is 0. The molecular formula is C22H23Cl2F3N2O2. The monoisotopic (exact) mass is 474 g/mol. The minimum absolute atomic E-state index is 0. The van der Waals surface area contributed by atoms with Gasteiger partial charge < -0.3 is 15.2 Å². The van der Waals surface area contributed by atoms with Crippen LogP contribution in [0.1, 0.15) is 17.2 Å². The van der Waals surface area contributed by atoms with Crippen molar-refractivity contribution in [1.29, 1.82) is 0 Å². The number of ether oxygens (including phenoxy) is 1. The van der Waals surface area contributed by atoms with Gasteiger partial charge >= 0.3 is 6.36 Å². The van der Waals surface area contributed by atoms with Crippen LogP contribution >= 0.6 is 24.8 Å². The zero-order valence-electron chi connectivity index (χ0n) is 16.4. The van der Waals surface area contributed by atoms with Gasteiger partial charge in [0, 0.05) is 31.6 Å². The largest absolute Gasteiger partial charge is 0.573 e. The lowest BCUT2D eigenvalue weighted by Crippen LogP contribution is -2.45. The lowest BCUT2D eigenvalue weighted by molar-refractivity contribution is -0.274. The molecule has 0 unspecified atom stereocenters. The predicted molar refractivity (Wildman–Crippen MR) is 120 cm³/mol. The number of phenolic OH excluding ortho intramolecular Hbond substituents is 1. The van der Waals surface area contributed by atoms with E-state index in [0.717, 1.165) is 48.1 Å². The highest BCUT2D eigenvalue weighted by Crippen LogP contribution is 2.37. The number of nitrogens with one attached hydrogen (secondary N) is 1. The van der Waals surface area contributed by atoms with Gasteiger partial charge in [-0.15, -0.1) is 38.0 Å². The van der Waals surface area contributed by atoms with Crippen molar-refractivity contribution in [3.05, 3.63) is 71.8 Å². The molecule has 1 saturated heterocycles. The summed E-state index contributed by atoms with van der Waals surface area (Å²) in [5.74, 6) is -0.0341. The quantitative estimate of drug-likeness (QED) is 0.539. The van der Waals surface area contributed by atoms with E-state index in [9.17, 15) is 18.3 Å². The highest BCUT2D eigenvalue weighted by molar-refractivity contribution is 5.91. The second-order valence-electron chi connectivity index (χ2n) is 7.02. The average molecular weight is 475 g/mol. The Morgan fingerprint density at radius 2 is 1.48 bits per heavy atom. The van der Waals surface area contributed by atoms with Gasteiger partial charge in [-0.05, 0) is 34.7 Å². The number of aromatic hydroxyl groups is 1. The second-order valence-corrected chi connectivity index (χ2v) is 7.02. The number of hydrogen-bond acceptors (Lipinski definition) is 4. The molecule has 168 valence electrons. The number of nitrogens with zero attached hydrogens (tertiary/aromatic N) is 1. The summed E-state index contributed by atoms with van der Waals surface area (Å²) in [5, 5.41) is 15.3. The molecule has 1 aliphatic rings. The molecule has 1 fully saturated rings. The van der Waals surface area contributed by atoms with Crippen LogP contribution in [-0.4, -0.2) is 42.5 Å². The van der Waals surface area contributed by atoms with Gasteiger partial charge in [0.05, 0.1) is 6.04 Å². The van der Waals surface area contributed by atoms with Crippen molar-refractivity contribution in [1.82, 2.24) is 10.2 Å². The molecule has 0 saturated carbocycles. The van der Waals surface area contributed by atoms with Crippen LogP contribution in [0.3, 0.4) is 0 Å². The molecule has 0 aliphatic carbocycles. The first-order valence-corrected chi connectivity index (χ1v) is 9.43. The van der Waals surface area contributed by atoms with E-state index in [2.05, 4.69) is 15.0 Å². The molecule has 0 spiro atoms. The van der Waals surface area contributed by atoms with Crippen molar-refractivity contribution in [2.24, 2.45) is 0 Å². The van der Waals surface area contributed by atoms with Crippen LogP contribution in [0.4, 0.5) is 13.2 Å². The summed E-state index contributed by atoms with van der Waals surface area (Å²) in [6, 6.07) is 17.1. The number of hydrogen-bond donors (Lipinski definition) is 2. The van der Waals surface area contributed by atoms with E-state index in [4.69, 9.17) is 0 Å². The van der Waals surface area contributed by atoms with Gasteiger partial charge in [0.1, 0.15) is 11.5 Å². The Morgan fingerprint density at radius 3 is 2.10 bits per heavy atom. The van der Waals surface area contributed by atoms with E-state index in [1.54, 1.807) is 18.2 Å². The molecule has 0 amide bonds. The maximum atomic E-state index is 12.5. The third kappa shape index (κ3) is 5.74. The molecule has 3 aromatic rings. The number of benzene rings is 3. The van der Waals surface area contributed by atoms with Crippen molar-refractivity contribution in [3.8, 4) is 11.5 Å². The van der Waals surface area contributed by atoms with E-state index < -0.39 is 6.36 Å². The Hall–Kier alpha value is -2.19. The lowest BCUT2D eigenvalue weighted by atomic mass is 9.91. The normalized spacial score (nSPS) is 15.6.